The lowest BCUT2D eigenvalue weighted by Gasteiger charge is -2.15. The third-order valence-corrected chi connectivity index (χ3v) is 3.97. The van der Waals surface area contributed by atoms with Crippen LogP contribution < -0.4 is 11.1 Å². The van der Waals surface area contributed by atoms with Gasteiger partial charge in [-0.1, -0.05) is 0 Å². The van der Waals surface area contributed by atoms with Gasteiger partial charge in [-0.2, -0.15) is 0 Å². The molecule has 0 spiro atoms. The zero-order valence-electron chi connectivity index (χ0n) is 10.4. The molecule has 1 aromatic heterocycles. The summed E-state index contributed by atoms with van der Waals surface area (Å²) in [6, 6.07) is 3.38. The molecule has 0 atom stereocenters. The van der Waals surface area contributed by atoms with Crippen LogP contribution >= 0.6 is 0 Å². The lowest BCUT2D eigenvalue weighted by molar-refractivity contribution is 0.0938. The summed E-state index contributed by atoms with van der Waals surface area (Å²) in [5, 5.41) is 3.02. The quantitative estimate of drug-likeness (QED) is 0.831. The highest BCUT2D eigenvalue weighted by Gasteiger charge is 2.41. The Morgan fingerprint density at radius 1 is 1.33 bits per heavy atom. The first-order valence-corrected chi connectivity index (χ1v) is 6.74. The largest absolute Gasteiger partial charge is 0.397 e. The standard InChI is InChI=1S/C14H19N3O/c15-11-5-6-13(16-7-11)14(18)17-8-12(9-1-2-9)10-3-4-10/h5-7,9-10,12H,1-4,8,15H2,(H,17,18). The summed E-state index contributed by atoms with van der Waals surface area (Å²) in [6.07, 6.45) is 6.90. The SMILES string of the molecule is Nc1ccc(C(=O)NCC(C2CC2)C2CC2)nc1. The highest BCUT2D eigenvalue weighted by Crippen LogP contribution is 2.48. The Bertz CT molecular complexity index is 423. The van der Waals surface area contributed by atoms with Crippen molar-refractivity contribution >= 4 is 11.6 Å². The summed E-state index contributed by atoms with van der Waals surface area (Å²) >= 11 is 0. The fraction of sp³-hybridized carbons (Fsp3) is 0.571. The molecule has 0 unspecified atom stereocenters. The number of rotatable bonds is 5. The van der Waals surface area contributed by atoms with Crippen LogP contribution in [0.25, 0.3) is 0 Å². The summed E-state index contributed by atoms with van der Waals surface area (Å²) in [7, 11) is 0. The van der Waals surface area contributed by atoms with Crippen molar-refractivity contribution in [1.82, 2.24) is 10.3 Å². The monoisotopic (exact) mass is 245 g/mol. The van der Waals surface area contributed by atoms with E-state index in [1.54, 1.807) is 12.1 Å². The van der Waals surface area contributed by atoms with Crippen LogP contribution in [0.2, 0.25) is 0 Å². The third kappa shape index (κ3) is 2.63. The Kier molecular flexibility index (Phi) is 2.94. The minimum Gasteiger partial charge on any atom is -0.397 e. The van der Waals surface area contributed by atoms with E-state index in [1.807, 2.05) is 0 Å². The topological polar surface area (TPSA) is 68.0 Å². The Balaban J connectivity index is 1.55. The van der Waals surface area contributed by atoms with Crippen molar-refractivity contribution in [3.05, 3.63) is 24.0 Å². The van der Waals surface area contributed by atoms with Crippen LogP contribution in [0.3, 0.4) is 0 Å². The van der Waals surface area contributed by atoms with Gasteiger partial charge in [0.1, 0.15) is 5.69 Å². The van der Waals surface area contributed by atoms with E-state index < -0.39 is 0 Å². The predicted octanol–water partition coefficient (Wildman–Crippen LogP) is 1.83. The smallest absolute Gasteiger partial charge is 0.269 e. The number of nitrogens with zero attached hydrogens (tertiary/aromatic N) is 1. The number of nitrogen functional groups attached to an aromatic ring is 1. The molecule has 0 radical (unpaired) electrons. The second-order valence-electron chi connectivity index (χ2n) is 5.53. The molecule has 4 heteroatoms. The zero-order valence-corrected chi connectivity index (χ0v) is 10.4. The van der Waals surface area contributed by atoms with Gasteiger partial charge in [0.2, 0.25) is 0 Å². The molecule has 0 saturated heterocycles. The van der Waals surface area contributed by atoms with Crippen LogP contribution in [0.5, 0.6) is 0 Å². The number of nitrogens with one attached hydrogen (secondary N) is 1. The van der Waals surface area contributed by atoms with Gasteiger partial charge in [-0.25, -0.2) is 4.98 Å². The lowest BCUT2D eigenvalue weighted by atomic mass is 9.98. The van der Waals surface area contributed by atoms with E-state index in [4.69, 9.17) is 5.73 Å². The molecule has 4 nitrogen and oxygen atoms in total. The maximum absolute atomic E-state index is 11.9. The highest BCUT2D eigenvalue weighted by molar-refractivity contribution is 5.92. The van der Waals surface area contributed by atoms with Crippen LogP contribution in [0.15, 0.2) is 18.3 Å². The molecule has 2 saturated carbocycles. The lowest BCUT2D eigenvalue weighted by Crippen LogP contribution is -2.31. The summed E-state index contributed by atoms with van der Waals surface area (Å²) in [4.78, 5) is 16.0. The average molecular weight is 245 g/mol. The molecule has 2 aliphatic carbocycles. The second-order valence-corrected chi connectivity index (χ2v) is 5.53. The minimum atomic E-state index is -0.0821. The van der Waals surface area contributed by atoms with E-state index in [1.165, 1.54) is 31.9 Å². The molecule has 0 bridgehead atoms. The number of aromatic nitrogens is 1. The first kappa shape index (κ1) is 11.5. The summed E-state index contributed by atoms with van der Waals surface area (Å²) in [5.41, 5.74) is 6.59. The molecular formula is C14H19N3O. The van der Waals surface area contributed by atoms with E-state index >= 15 is 0 Å². The van der Waals surface area contributed by atoms with E-state index in [2.05, 4.69) is 10.3 Å². The fourth-order valence-corrected chi connectivity index (χ4v) is 2.61. The highest BCUT2D eigenvalue weighted by atomic mass is 16.1. The first-order valence-electron chi connectivity index (χ1n) is 6.74. The van der Waals surface area contributed by atoms with Crippen LogP contribution in [0.4, 0.5) is 5.69 Å². The molecule has 0 aromatic carbocycles. The fourth-order valence-electron chi connectivity index (χ4n) is 2.61. The van der Waals surface area contributed by atoms with Crippen molar-refractivity contribution < 1.29 is 4.79 Å². The Morgan fingerprint density at radius 2 is 2.00 bits per heavy atom. The second kappa shape index (κ2) is 4.59. The van der Waals surface area contributed by atoms with Gasteiger partial charge in [0.05, 0.1) is 11.9 Å². The van der Waals surface area contributed by atoms with Crippen molar-refractivity contribution in [3.63, 3.8) is 0 Å². The number of hydrogen-bond donors (Lipinski definition) is 2. The molecule has 18 heavy (non-hydrogen) atoms. The van der Waals surface area contributed by atoms with Crippen molar-refractivity contribution in [2.75, 3.05) is 12.3 Å². The van der Waals surface area contributed by atoms with Crippen LogP contribution in [-0.4, -0.2) is 17.4 Å². The maximum Gasteiger partial charge on any atom is 0.269 e. The van der Waals surface area contributed by atoms with Crippen molar-refractivity contribution in [3.8, 4) is 0 Å². The number of hydrogen-bond acceptors (Lipinski definition) is 3. The number of amides is 1. The van der Waals surface area contributed by atoms with Gasteiger partial charge in [0.25, 0.3) is 5.91 Å². The first-order chi connectivity index (χ1) is 8.74. The molecule has 2 aliphatic rings. The van der Waals surface area contributed by atoms with E-state index in [0.29, 0.717) is 17.3 Å². The average Bonchev–Trinajstić information content (AvgIpc) is 3.24. The van der Waals surface area contributed by atoms with Crippen LogP contribution in [0.1, 0.15) is 36.2 Å². The third-order valence-electron chi connectivity index (χ3n) is 3.97. The van der Waals surface area contributed by atoms with Crippen LogP contribution in [0, 0.1) is 17.8 Å². The Labute approximate surface area is 107 Å². The Morgan fingerprint density at radius 3 is 2.50 bits per heavy atom. The number of pyridine rings is 1. The molecular weight excluding hydrogens is 226 g/mol. The maximum atomic E-state index is 11.9. The van der Waals surface area contributed by atoms with E-state index in [-0.39, 0.29) is 5.91 Å². The zero-order chi connectivity index (χ0) is 12.5. The van der Waals surface area contributed by atoms with Gasteiger partial charge in [0.15, 0.2) is 0 Å². The van der Waals surface area contributed by atoms with Gasteiger partial charge in [-0.05, 0) is 55.6 Å². The summed E-state index contributed by atoms with van der Waals surface area (Å²) in [5.74, 6) is 2.33. The number of anilines is 1. The predicted molar refractivity (Wildman–Crippen MR) is 69.9 cm³/mol. The molecule has 96 valence electrons. The number of carbonyl (C=O) groups is 1. The number of nitrogens with two attached hydrogens (primary N) is 1. The molecule has 3 N–H and O–H groups in total. The van der Waals surface area contributed by atoms with Gasteiger partial charge >= 0.3 is 0 Å². The molecule has 3 rings (SSSR count). The van der Waals surface area contributed by atoms with Crippen molar-refractivity contribution in [1.29, 1.82) is 0 Å². The van der Waals surface area contributed by atoms with Gasteiger partial charge in [-0.3, -0.25) is 4.79 Å². The van der Waals surface area contributed by atoms with E-state index in [9.17, 15) is 4.79 Å². The van der Waals surface area contributed by atoms with Gasteiger partial charge in [-0.15, -0.1) is 0 Å². The van der Waals surface area contributed by atoms with Crippen LogP contribution in [-0.2, 0) is 0 Å². The summed E-state index contributed by atoms with van der Waals surface area (Å²) in [6.45, 7) is 0.806. The van der Waals surface area contributed by atoms with Crippen molar-refractivity contribution in [2.45, 2.75) is 25.7 Å². The minimum absolute atomic E-state index is 0.0821. The molecule has 1 heterocycles. The van der Waals surface area contributed by atoms with Crippen molar-refractivity contribution in [2.24, 2.45) is 17.8 Å². The molecule has 1 amide bonds. The van der Waals surface area contributed by atoms with E-state index in [0.717, 1.165) is 18.4 Å². The molecule has 1 aromatic rings. The molecule has 2 fully saturated rings. The molecule has 0 aliphatic heterocycles. The summed E-state index contributed by atoms with van der Waals surface area (Å²) < 4.78 is 0. The Hall–Kier alpha value is -1.58. The van der Waals surface area contributed by atoms with Gasteiger partial charge in [0, 0.05) is 6.54 Å². The normalized spacial score (nSPS) is 18.9. The van der Waals surface area contributed by atoms with Gasteiger partial charge < -0.3 is 11.1 Å². The number of carbonyl (C=O) groups excluding carboxylic acids is 1.